The zero-order valence-electron chi connectivity index (χ0n) is 14.8. The summed E-state index contributed by atoms with van der Waals surface area (Å²) >= 11 is 0. The Labute approximate surface area is 149 Å². The average molecular weight is 334 g/mol. The molecule has 130 valence electrons. The van der Waals surface area contributed by atoms with Crippen LogP contribution in [0.5, 0.6) is 5.75 Å². The van der Waals surface area contributed by atoms with Gasteiger partial charge in [-0.15, -0.1) is 0 Å². The molecule has 1 aromatic carbocycles. The summed E-state index contributed by atoms with van der Waals surface area (Å²) in [6.07, 6.45) is 8.13. The Kier molecular flexibility index (Phi) is 4.75. The van der Waals surface area contributed by atoms with E-state index in [0.717, 1.165) is 25.3 Å². The number of aromatic nitrogens is 1. The maximum Gasteiger partial charge on any atom is 0.119 e. The number of hydrogen-bond donors (Lipinski definition) is 1. The molecule has 1 fully saturated rings. The minimum Gasteiger partial charge on any atom is -0.490 e. The van der Waals surface area contributed by atoms with Crippen molar-refractivity contribution in [3.63, 3.8) is 0 Å². The molecule has 3 heterocycles. The second-order valence-electron chi connectivity index (χ2n) is 6.96. The summed E-state index contributed by atoms with van der Waals surface area (Å²) < 4.78 is 8.46. The van der Waals surface area contributed by atoms with Crippen LogP contribution in [-0.2, 0) is 0 Å². The van der Waals surface area contributed by atoms with E-state index in [9.17, 15) is 0 Å². The van der Waals surface area contributed by atoms with Gasteiger partial charge in [0.05, 0.1) is 0 Å². The van der Waals surface area contributed by atoms with Crippen molar-refractivity contribution in [3.8, 4) is 16.9 Å². The standard InChI is InChI=1S/C22H26N2O/c1-2-22(18-6-5-12-23-15-18)25-21-10-8-17(9-11-21)19-14-20-7-3-4-13-24(20)16-19/h3-4,7-11,13-14,16,18,22-23H,2,5-6,12,15H2,1H3. The summed E-state index contributed by atoms with van der Waals surface area (Å²) in [6.45, 7) is 4.45. The zero-order valence-corrected chi connectivity index (χ0v) is 14.8. The van der Waals surface area contributed by atoms with Crippen molar-refractivity contribution in [1.29, 1.82) is 0 Å². The van der Waals surface area contributed by atoms with Crippen LogP contribution in [0.2, 0.25) is 0 Å². The maximum atomic E-state index is 6.31. The van der Waals surface area contributed by atoms with Crippen molar-refractivity contribution in [2.45, 2.75) is 32.3 Å². The number of nitrogens with one attached hydrogen (secondary N) is 1. The van der Waals surface area contributed by atoms with Crippen molar-refractivity contribution < 1.29 is 4.74 Å². The van der Waals surface area contributed by atoms with Crippen LogP contribution in [0.3, 0.4) is 0 Å². The molecule has 0 radical (unpaired) electrons. The van der Waals surface area contributed by atoms with Crippen LogP contribution in [-0.4, -0.2) is 23.6 Å². The maximum absolute atomic E-state index is 6.31. The lowest BCUT2D eigenvalue weighted by molar-refractivity contribution is 0.111. The van der Waals surface area contributed by atoms with Crippen LogP contribution in [0.4, 0.5) is 0 Å². The first-order valence-corrected chi connectivity index (χ1v) is 9.38. The van der Waals surface area contributed by atoms with Gasteiger partial charge in [-0.25, -0.2) is 0 Å². The predicted octanol–water partition coefficient (Wildman–Crippen LogP) is 4.76. The van der Waals surface area contributed by atoms with Gasteiger partial charge in [0, 0.05) is 35.9 Å². The van der Waals surface area contributed by atoms with Gasteiger partial charge in [-0.2, -0.15) is 0 Å². The number of pyridine rings is 1. The van der Waals surface area contributed by atoms with E-state index >= 15 is 0 Å². The van der Waals surface area contributed by atoms with Gasteiger partial charge >= 0.3 is 0 Å². The molecule has 3 heteroatoms. The number of rotatable bonds is 5. The summed E-state index contributed by atoms with van der Waals surface area (Å²) in [4.78, 5) is 0. The normalized spacial score (nSPS) is 19.0. The minimum atomic E-state index is 0.302. The molecular formula is C22H26N2O. The highest BCUT2D eigenvalue weighted by molar-refractivity contribution is 5.70. The highest BCUT2D eigenvalue weighted by Crippen LogP contribution is 2.27. The van der Waals surface area contributed by atoms with E-state index in [1.807, 2.05) is 0 Å². The fraction of sp³-hybridized carbons (Fsp3) is 0.364. The molecule has 2 aromatic heterocycles. The van der Waals surface area contributed by atoms with E-state index in [4.69, 9.17) is 4.74 Å². The largest absolute Gasteiger partial charge is 0.490 e. The number of piperidine rings is 1. The fourth-order valence-corrected chi connectivity index (χ4v) is 3.82. The lowest BCUT2D eigenvalue weighted by Crippen LogP contribution is -2.39. The van der Waals surface area contributed by atoms with Gasteiger partial charge < -0.3 is 14.5 Å². The lowest BCUT2D eigenvalue weighted by Gasteiger charge is -2.30. The fourth-order valence-electron chi connectivity index (χ4n) is 3.82. The van der Waals surface area contributed by atoms with Crippen molar-refractivity contribution in [2.75, 3.05) is 13.1 Å². The Morgan fingerprint density at radius 1 is 1.16 bits per heavy atom. The lowest BCUT2D eigenvalue weighted by atomic mass is 9.92. The third-order valence-electron chi connectivity index (χ3n) is 5.24. The van der Waals surface area contributed by atoms with Gasteiger partial charge in [-0.1, -0.05) is 25.1 Å². The summed E-state index contributed by atoms with van der Waals surface area (Å²) in [6, 6.07) is 17.0. The smallest absolute Gasteiger partial charge is 0.119 e. The van der Waals surface area contributed by atoms with Crippen LogP contribution < -0.4 is 10.1 Å². The second kappa shape index (κ2) is 7.32. The number of ether oxygens (including phenoxy) is 1. The van der Waals surface area contributed by atoms with E-state index in [2.05, 4.69) is 77.6 Å². The molecule has 0 spiro atoms. The second-order valence-corrected chi connectivity index (χ2v) is 6.96. The van der Waals surface area contributed by atoms with Gasteiger partial charge in [0.1, 0.15) is 11.9 Å². The Hall–Kier alpha value is -2.26. The van der Waals surface area contributed by atoms with Crippen molar-refractivity contribution >= 4 is 5.52 Å². The van der Waals surface area contributed by atoms with E-state index in [-0.39, 0.29) is 0 Å². The van der Waals surface area contributed by atoms with Gasteiger partial charge in [0.2, 0.25) is 0 Å². The molecule has 4 rings (SSSR count). The minimum absolute atomic E-state index is 0.302. The molecule has 0 bridgehead atoms. The van der Waals surface area contributed by atoms with E-state index in [0.29, 0.717) is 12.0 Å². The highest BCUT2D eigenvalue weighted by Gasteiger charge is 2.23. The molecule has 0 aliphatic carbocycles. The van der Waals surface area contributed by atoms with E-state index < -0.39 is 0 Å². The Bertz CT molecular complexity index is 782. The first-order valence-electron chi connectivity index (χ1n) is 9.38. The zero-order chi connectivity index (χ0) is 17.1. The topological polar surface area (TPSA) is 25.7 Å². The molecule has 1 saturated heterocycles. The average Bonchev–Trinajstić information content (AvgIpc) is 3.11. The number of fused-ring (bicyclic) bond motifs is 1. The molecule has 1 aliphatic heterocycles. The summed E-state index contributed by atoms with van der Waals surface area (Å²) in [7, 11) is 0. The Morgan fingerprint density at radius 3 is 2.76 bits per heavy atom. The van der Waals surface area contributed by atoms with Crippen LogP contribution in [0.25, 0.3) is 16.6 Å². The van der Waals surface area contributed by atoms with Gasteiger partial charge in [-0.05, 0) is 61.7 Å². The molecule has 25 heavy (non-hydrogen) atoms. The summed E-state index contributed by atoms with van der Waals surface area (Å²) in [5.74, 6) is 1.60. The molecular weight excluding hydrogens is 308 g/mol. The van der Waals surface area contributed by atoms with Crippen LogP contribution in [0, 0.1) is 5.92 Å². The quantitative estimate of drug-likeness (QED) is 0.728. The molecule has 3 aromatic rings. The Balaban J connectivity index is 1.49. The first-order chi connectivity index (χ1) is 12.3. The Morgan fingerprint density at radius 2 is 2.04 bits per heavy atom. The molecule has 2 unspecified atom stereocenters. The van der Waals surface area contributed by atoms with E-state index in [1.165, 1.54) is 29.5 Å². The molecule has 1 N–H and O–H groups in total. The SMILES string of the molecule is CCC(Oc1ccc(-c2cc3ccccn3c2)cc1)C1CCCNC1. The van der Waals surface area contributed by atoms with E-state index in [1.54, 1.807) is 0 Å². The molecule has 0 saturated carbocycles. The third-order valence-corrected chi connectivity index (χ3v) is 5.24. The van der Waals surface area contributed by atoms with Crippen molar-refractivity contribution in [3.05, 3.63) is 60.9 Å². The number of benzene rings is 1. The van der Waals surface area contributed by atoms with Crippen molar-refractivity contribution in [2.24, 2.45) is 5.92 Å². The van der Waals surface area contributed by atoms with Crippen LogP contribution in [0.1, 0.15) is 26.2 Å². The number of nitrogens with zero attached hydrogens (tertiary/aromatic N) is 1. The molecule has 3 nitrogen and oxygen atoms in total. The first kappa shape index (κ1) is 16.2. The number of hydrogen-bond acceptors (Lipinski definition) is 2. The van der Waals surface area contributed by atoms with Crippen LogP contribution >= 0.6 is 0 Å². The van der Waals surface area contributed by atoms with Crippen LogP contribution in [0.15, 0.2) is 60.9 Å². The van der Waals surface area contributed by atoms with Crippen molar-refractivity contribution in [1.82, 2.24) is 9.72 Å². The summed E-state index contributed by atoms with van der Waals surface area (Å²) in [5.41, 5.74) is 3.68. The van der Waals surface area contributed by atoms with Gasteiger partial charge in [-0.3, -0.25) is 0 Å². The monoisotopic (exact) mass is 334 g/mol. The summed E-state index contributed by atoms with van der Waals surface area (Å²) in [5, 5.41) is 3.50. The highest BCUT2D eigenvalue weighted by atomic mass is 16.5. The van der Waals surface area contributed by atoms with Gasteiger partial charge in [0.25, 0.3) is 0 Å². The third kappa shape index (κ3) is 3.57. The molecule has 2 atom stereocenters. The molecule has 0 amide bonds. The molecule has 1 aliphatic rings. The van der Waals surface area contributed by atoms with Gasteiger partial charge in [0.15, 0.2) is 0 Å². The predicted molar refractivity (Wildman–Crippen MR) is 103 cm³/mol.